The summed E-state index contributed by atoms with van der Waals surface area (Å²) in [5.41, 5.74) is 2.26. The summed E-state index contributed by atoms with van der Waals surface area (Å²) in [5.74, 6) is 0.607. The Labute approximate surface area is 121 Å². The number of sulfone groups is 1. The number of benzene rings is 1. The van der Waals surface area contributed by atoms with Crippen molar-refractivity contribution in [3.8, 4) is 0 Å². The zero-order valence-corrected chi connectivity index (χ0v) is 12.9. The minimum Gasteiger partial charge on any atom is -0.489 e. The lowest BCUT2D eigenvalue weighted by molar-refractivity contribution is 0.210. The van der Waals surface area contributed by atoms with E-state index in [9.17, 15) is 8.42 Å². The maximum absolute atomic E-state index is 11.2. The van der Waals surface area contributed by atoms with Gasteiger partial charge in [0.2, 0.25) is 0 Å². The smallest absolute Gasteiger partial charge is 0.174 e. The van der Waals surface area contributed by atoms with Crippen molar-refractivity contribution >= 4 is 9.84 Å². The first-order valence-corrected chi connectivity index (χ1v) is 8.14. The van der Waals surface area contributed by atoms with Crippen molar-refractivity contribution in [2.24, 2.45) is 0 Å². The highest BCUT2D eigenvalue weighted by molar-refractivity contribution is 7.94. The van der Waals surface area contributed by atoms with Crippen LogP contribution in [0.3, 0.4) is 0 Å². The van der Waals surface area contributed by atoms with Crippen LogP contribution in [0.1, 0.15) is 18.1 Å². The molecule has 0 amide bonds. The second-order valence-corrected chi connectivity index (χ2v) is 6.61. The van der Waals surface area contributed by atoms with Gasteiger partial charge in [0.15, 0.2) is 9.84 Å². The number of allylic oxidation sites excluding steroid dienone is 3. The molecule has 0 saturated heterocycles. The van der Waals surface area contributed by atoms with E-state index in [0.29, 0.717) is 12.4 Å². The van der Waals surface area contributed by atoms with Crippen LogP contribution >= 0.6 is 0 Å². The van der Waals surface area contributed by atoms with Gasteiger partial charge in [-0.05, 0) is 37.6 Å². The van der Waals surface area contributed by atoms with Gasteiger partial charge in [0, 0.05) is 6.26 Å². The zero-order valence-electron chi connectivity index (χ0n) is 12.1. The predicted molar refractivity (Wildman–Crippen MR) is 82.8 cm³/mol. The van der Waals surface area contributed by atoms with E-state index >= 15 is 0 Å². The quantitative estimate of drug-likeness (QED) is 0.595. The number of hydrogen-bond donors (Lipinski definition) is 0. The van der Waals surface area contributed by atoms with Gasteiger partial charge in [0.05, 0.1) is 4.91 Å². The van der Waals surface area contributed by atoms with E-state index in [1.807, 2.05) is 38.1 Å². The SMILES string of the molecule is C=C(/C=C\C(=C/C)OCc1ccc(C)cc1)S(C)(=O)=O. The van der Waals surface area contributed by atoms with Gasteiger partial charge in [-0.2, -0.15) is 0 Å². The molecule has 0 N–H and O–H groups in total. The van der Waals surface area contributed by atoms with Crippen molar-refractivity contribution in [3.05, 3.63) is 70.9 Å². The van der Waals surface area contributed by atoms with Crippen LogP contribution in [0.2, 0.25) is 0 Å². The molecule has 1 rings (SSSR count). The summed E-state index contributed by atoms with van der Waals surface area (Å²) >= 11 is 0. The number of aryl methyl sites for hydroxylation is 1. The third-order valence-electron chi connectivity index (χ3n) is 2.72. The summed E-state index contributed by atoms with van der Waals surface area (Å²) < 4.78 is 28.1. The fraction of sp³-hybridized carbons (Fsp3) is 0.250. The molecule has 0 aliphatic heterocycles. The van der Waals surface area contributed by atoms with Crippen molar-refractivity contribution in [3.63, 3.8) is 0 Å². The molecule has 0 bridgehead atoms. The van der Waals surface area contributed by atoms with E-state index in [1.54, 1.807) is 12.2 Å². The lowest BCUT2D eigenvalue weighted by Crippen LogP contribution is -1.97. The minimum atomic E-state index is -3.24. The van der Waals surface area contributed by atoms with Crippen molar-refractivity contribution in [2.45, 2.75) is 20.5 Å². The molecule has 0 aromatic heterocycles. The summed E-state index contributed by atoms with van der Waals surface area (Å²) in [7, 11) is -3.24. The van der Waals surface area contributed by atoms with Gasteiger partial charge < -0.3 is 4.74 Å². The van der Waals surface area contributed by atoms with Crippen LogP contribution in [0.5, 0.6) is 0 Å². The third-order valence-corrected chi connectivity index (χ3v) is 3.81. The Kier molecular flexibility index (Phi) is 5.77. The number of ether oxygens (including phenoxy) is 1. The second-order valence-electron chi connectivity index (χ2n) is 4.54. The molecule has 108 valence electrons. The highest BCUT2D eigenvalue weighted by Gasteiger charge is 2.04. The van der Waals surface area contributed by atoms with E-state index in [-0.39, 0.29) is 4.91 Å². The van der Waals surface area contributed by atoms with Crippen LogP contribution in [0.25, 0.3) is 0 Å². The summed E-state index contributed by atoms with van der Waals surface area (Å²) in [6.45, 7) is 7.80. The molecule has 0 aliphatic carbocycles. The highest BCUT2D eigenvalue weighted by atomic mass is 32.2. The molecule has 0 unspecified atom stereocenters. The Balaban J connectivity index is 2.63. The zero-order chi connectivity index (χ0) is 15.2. The van der Waals surface area contributed by atoms with Gasteiger partial charge >= 0.3 is 0 Å². The third kappa shape index (κ3) is 5.45. The molecule has 0 aliphatic rings. The van der Waals surface area contributed by atoms with Crippen LogP contribution < -0.4 is 0 Å². The average molecular weight is 292 g/mol. The first-order chi connectivity index (χ1) is 9.32. The van der Waals surface area contributed by atoms with Crippen LogP contribution in [0.15, 0.2) is 59.7 Å². The van der Waals surface area contributed by atoms with Gasteiger partial charge in [-0.15, -0.1) is 0 Å². The Morgan fingerprint density at radius 2 is 1.85 bits per heavy atom. The summed E-state index contributed by atoms with van der Waals surface area (Å²) in [6, 6.07) is 8.05. The van der Waals surface area contributed by atoms with E-state index in [1.165, 1.54) is 11.6 Å². The number of rotatable bonds is 6. The molecule has 0 fully saturated rings. The van der Waals surface area contributed by atoms with Gasteiger partial charge in [-0.1, -0.05) is 36.4 Å². The van der Waals surface area contributed by atoms with Crippen LogP contribution in [0, 0.1) is 6.92 Å². The normalized spacial score (nSPS) is 12.7. The largest absolute Gasteiger partial charge is 0.489 e. The minimum absolute atomic E-state index is 0.0655. The molecule has 3 nitrogen and oxygen atoms in total. The van der Waals surface area contributed by atoms with Gasteiger partial charge in [0.1, 0.15) is 12.4 Å². The van der Waals surface area contributed by atoms with Crippen LogP contribution in [-0.2, 0) is 21.2 Å². The van der Waals surface area contributed by atoms with E-state index in [2.05, 4.69) is 6.58 Å². The van der Waals surface area contributed by atoms with Crippen molar-refractivity contribution in [2.75, 3.05) is 6.26 Å². The fourth-order valence-corrected chi connectivity index (χ4v) is 1.69. The molecular weight excluding hydrogens is 272 g/mol. The molecule has 0 saturated carbocycles. The van der Waals surface area contributed by atoms with Crippen molar-refractivity contribution < 1.29 is 13.2 Å². The molecule has 0 heterocycles. The predicted octanol–water partition coefficient (Wildman–Crippen LogP) is 3.53. The second kappa shape index (κ2) is 7.10. The molecule has 0 radical (unpaired) electrons. The molecular formula is C16H20O3S. The van der Waals surface area contributed by atoms with Crippen LogP contribution in [0.4, 0.5) is 0 Å². The summed E-state index contributed by atoms with van der Waals surface area (Å²) in [4.78, 5) is 0.0655. The van der Waals surface area contributed by atoms with E-state index < -0.39 is 9.84 Å². The molecule has 1 aromatic carbocycles. The van der Waals surface area contributed by atoms with E-state index in [4.69, 9.17) is 4.74 Å². The summed E-state index contributed by atoms with van der Waals surface area (Å²) in [5, 5.41) is 0. The molecule has 0 atom stereocenters. The highest BCUT2D eigenvalue weighted by Crippen LogP contribution is 2.11. The first-order valence-electron chi connectivity index (χ1n) is 6.24. The van der Waals surface area contributed by atoms with Gasteiger partial charge in [-0.25, -0.2) is 8.42 Å². The number of hydrogen-bond acceptors (Lipinski definition) is 3. The fourth-order valence-electron chi connectivity index (χ4n) is 1.38. The summed E-state index contributed by atoms with van der Waals surface area (Å²) in [6.07, 6.45) is 5.96. The standard InChI is InChI=1S/C16H20O3S/c1-5-16(11-8-14(3)20(4,17)18)19-12-15-9-6-13(2)7-10-15/h5-11H,3,12H2,1-2,4H3/b11-8-,16-5+. The van der Waals surface area contributed by atoms with Gasteiger partial charge in [-0.3, -0.25) is 0 Å². The topological polar surface area (TPSA) is 43.4 Å². The Morgan fingerprint density at radius 3 is 2.35 bits per heavy atom. The lowest BCUT2D eigenvalue weighted by Gasteiger charge is -2.07. The van der Waals surface area contributed by atoms with Gasteiger partial charge in [0.25, 0.3) is 0 Å². The first kappa shape index (κ1) is 16.2. The Hall–Kier alpha value is -1.81. The molecule has 20 heavy (non-hydrogen) atoms. The Bertz CT molecular complexity index is 620. The molecule has 0 spiro atoms. The lowest BCUT2D eigenvalue weighted by atomic mass is 10.2. The molecule has 1 aromatic rings. The maximum atomic E-state index is 11.2. The van der Waals surface area contributed by atoms with Crippen LogP contribution in [-0.4, -0.2) is 14.7 Å². The monoisotopic (exact) mass is 292 g/mol. The maximum Gasteiger partial charge on any atom is 0.174 e. The van der Waals surface area contributed by atoms with E-state index in [0.717, 1.165) is 11.8 Å². The van der Waals surface area contributed by atoms with Crippen molar-refractivity contribution in [1.82, 2.24) is 0 Å². The molecule has 4 heteroatoms. The Morgan fingerprint density at radius 1 is 1.25 bits per heavy atom. The van der Waals surface area contributed by atoms with Crippen molar-refractivity contribution in [1.29, 1.82) is 0 Å². The average Bonchev–Trinajstić information content (AvgIpc) is 2.39.